The molecule has 0 radical (unpaired) electrons. The zero-order valence-electron chi connectivity index (χ0n) is 16.9. The second-order valence-electron chi connectivity index (χ2n) is 6.31. The number of benzene rings is 1. The molecule has 0 aliphatic carbocycles. The lowest BCUT2D eigenvalue weighted by Crippen LogP contribution is -2.50. The number of ether oxygens (including phenoxy) is 5. The molecule has 0 saturated carbocycles. The van der Waals surface area contributed by atoms with E-state index in [-0.39, 0.29) is 5.60 Å². The van der Waals surface area contributed by atoms with Crippen molar-refractivity contribution in [1.82, 2.24) is 10.6 Å². The number of nitrogens with one attached hydrogen (secondary N) is 2. The van der Waals surface area contributed by atoms with Crippen molar-refractivity contribution >= 4 is 5.96 Å². The number of guanidine groups is 1. The first kappa shape index (κ1) is 21.1. The molecule has 0 bridgehead atoms. The van der Waals surface area contributed by atoms with Gasteiger partial charge in [0.2, 0.25) is 5.75 Å². The van der Waals surface area contributed by atoms with Crippen LogP contribution in [-0.4, -0.2) is 66.8 Å². The summed E-state index contributed by atoms with van der Waals surface area (Å²) in [7, 11) is 8.29. The summed E-state index contributed by atoms with van der Waals surface area (Å²) in [5.41, 5.74) is 0.766. The quantitative estimate of drug-likeness (QED) is 0.522. The lowest BCUT2D eigenvalue weighted by Gasteiger charge is -2.36. The highest BCUT2D eigenvalue weighted by atomic mass is 16.5. The summed E-state index contributed by atoms with van der Waals surface area (Å²) in [6, 6.07) is 3.83. The molecule has 27 heavy (non-hydrogen) atoms. The van der Waals surface area contributed by atoms with Gasteiger partial charge in [0.25, 0.3) is 0 Å². The van der Waals surface area contributed by atoms with Gasteiger partial charge < -0.3 is 34.3 Å². The van der Waals surface area contributed by atoms with Crippen LogP contribution in [-0.2, 0) is 16.0 Å². The third kappa shape index (κ3) is 5.40. The van der Waals surface area contributed by atoms with E-state index in [4.69, 9.17) is 23.7 Å². The van der Waals surface area contributed by atoms with Gasteiger partial charge in [-0.25, -0.2) is 0 Å². The number of aliphatic imine (C=N–C) groups is 1. The van der Waals surface area contributed by atoms with Crippen LogP contribution >= 0.6 is 0 Å². The molecule has 0 atom stereocenters. The first-order valence-electron chi connectivity index (χ1n) is 8.97. The minimum atomic E-state index is -0.220. The Bertz CT molecular complexity index is 605. The molecule has 152 valence electrons. The molecule has 0 amide bonds. The Morgan fingerprint density at radius 3 is 2.15 bits per heavy atom. The van der Waals surface area contributed by atoms with Gasteiger partial charge in [-0.1, -0.05) is 0 Å². The van der Waals surface area contributed by atoms with Crippen LogP contribution in [0.2, 0.25) is 0 Å². The van der Waals surface area contributed by atoms with Gasteiger partial charge in [-0.15, -0.1) is 0 Å². The van der Waals surface area contributed by atoms with E-state index < -0.39 is 0 Å². The first-order chi connectivity index (χ1) is 13.1. The Morgan fingerprint density at radius 1 is 1.04 bits per heavy atom. The zero-order valence-corrected chi connectivity index (χ0v) is 16.9. The van der Waals surface area contributed by atoms with Gasteiger partial charge in [0, 0.05) is 53.3 Å². The van der Waals surface area contributed by atoms with Gasteiger partial charge >= 0.3 is 0 Å². The molecular formula is C19H31N3O5. The first-order valence-corrected chi connectivity index (χ1v) is 8.97. The fraction of sp³-hybridized carbons (Fsp3) is 0.632. The summed E-state index contributed by atoms with van der Waals surface area (Å²) >= 11 is 0. The Labute approximate surface area is 161 Å². The predicted molar refractivity (Wildman–Crippen MR) is 104 cm³/mol. The lowest BCUT2D eigenvalue weighted by atomic mass is 9.94. The summed E-state index contributed by atoms with van der Waals surface area (Å²) in [6.07, 6.45) is 1.72. The van der Waals surface area contributed by atoms with Crippen molar-refractivity contribution in [1.29, 1.82) is 0 Å². The van der Waals surface area contributed by atoms with E-state index in [1.165, 1.54) is 0 Å². The maximum Gasteiger partial charge on any atom is 0.203 e. The third-order valence-corrected chi connectivity index (χ3v) is 4.82. The van der Waals surface area contributed by atoms with Gasteiger partial charge in [-0.3, -0.25) is 4.99 Å². The third-order valence-electron chi connectivity index (χ3n) is 4.82. The minimum absolute atomic E-state index is 0.220. The lowest BCUT2D eigenvalue weighted by molar-refractivity contribution is -0.0855. The summed E-state index contributed by atoms with van der Waals surface area (Å²) < 4.78 is 27.3. The number of hydrogen-bond donors (Lipinski definition) is 2. The summed E-state index contributed by atoms with van der Waals surface area (Å²) in [5, 5.41) is 6.66. The molecule has 2 N–H and O–H groups in total. The van der Waals surface area contributed by atoms with Crippen LogP contribution in [0, 0.1) is 0 Å². The standard InChI is InChI=1S/C19H31N3O5/c1-20-18(22-13-19(26-5)6-8-27-9-7-19)21-12-14-10-15(23-2)17(25-4)16(11-14)24-3/h10-11H,6-9,12-13H2,1-5H3,(H2,20,21,22). The molecular weight excluding hydrogens is 350 g/mol. The van der Waals surface area contributed by atoms with Crippen molar-refractivity contribution in [3.05, 3.63) is 17.7 Å². The molecule has 1 aliphatic heterocycles. The summed E-state index contributed by atoms with van der Waals surface area (Å²) in [5.74, 6) is 2.52. The molecule has 1 aliphatic rings. The Balaban J connectivity index is 1.99. The SMILES string of the molecule is CN=C(NCc1cc(OC)c(OC)c(OC)c1)NCC1(OC)CCOCC1. The van der Waals surface area contributed by atoms with Crippen LogP contribution in [0.4, 0.5) is 0 Å². The number of rotatable bonds is 8. The van der Waals surface area contributed by atoms with Crippen LogP contribution in [0.25, 0.3) is 0 Å². The normalized spacial score (nSPS) is 16.6. The van der Waals surface area contributed by atoms with Gasteiger partial charge in [-0.2, -0.15) is 0 Å². The molecule has 1 fully saturated rings. The fourth-order valence-electron chi connectivity index (χ4n) is 3.09. The van der Waals surface area contributed by atoms with E-state index in [9.17, 15) is 0 Å². The van der Waals surface area contributed by atoms with Crippen molar-refractivity contribution in [2.75, 3.05) is 55.2 Å². The van der Waals surface area contributed by atoms with Crippen molar-refractivity contribution < 1.29 is 23.7 Å². The molecule has 2 rings (SSSR count). The highest BCUT2D eigenvalue weighted by Gasteiger charge is 2.32. The Kier molecular flexibility index (Phi) is 7.99. The van der Waals surface area contributed by atoms with E-state index in [2.05, 4.69) is 15.6 Å². The monoisotopic (exact) mass is 381 g/mol. The topological polar surface area (TPSA) is 82.6 Å². The number of hydrogen-bond acceptors (Lipinski definition) is 6. The van der Waals surface area contributed by atoms with Crippen molar-refractivity contribution in [2.24, 2.45) is 4.99 Å². The molecule has 1 aromatic rings. The molecule has 1 aromatic carbocycles. The maximum absolute atomic E-state index is 5.75. The average molecular weight is 381 g/mol. The molecule has 0 unspecified atom stereocenters. The fourth-order valence-corrected chi connectivity index (χ4v) is 3.09. The smallest absolute Gasteiger partial charge is 0.203 e. The molecule has 8 nitrogen and oxygen atoms in total. The Morgan fingerprint density at radius 2 is 1.67 bits per heavy atom. The van der Waals surface area contributed by atoms with Gasteiger partial charge in [0.1, 0.15) is 0 Å². The predicted octanol–water partition coefficient (Wildman–Crippen LogP) is 1.57. The molecule has 1 heterocycles. The molecule has 0 spiro atoms. The average Bonchev–Trinajstić information content (AvgIpc) is 2.73. The van der Waals surface area contributed by atoms with E-state index in [0.29, 0.717) is 49.5 Å². The molecule has 0 aromatic heterocycles. The van der Waals surface area contributed by atoms with E-state index in [1.54, 1.807) is 35.5 Å². The second-order valence-corrected chi connectivity index (χ2v) is 6.31. The molecule has 8 heteroatoms. The van der Waals surface area contributed by atoms with Gasteiger partial charge in [0.15, 0.2) is 17.5 Å². The Hall–Kier alpha value is -2.19. The minimum Gasteiger partial charge on any atom is -0.493 e. The zero-order chi connectivity index (χ0) is 19.7. The van der Waals surface area contributed by atoms with Crippen molar-refractivity contribution in [3.63, 3.8) is 0 Å². The summed E-state index contributed by atoms with van der Waals surface area (Å²) in [6.45, 7) is 2.65. The molecule has 1 saturated heterocycles. The highest BCUT2D eigenvalue weighted by molar-refractivity contribution is 5.79. The van der Waals surface area contributed by atoms with Crippen molar-refractivity contribution in [3.8, 4) is 17.2 Å². The maximum atomic E-state index is 5.75. The van der Waals surface area contributed by atoms with Crippen LogP contribution in [0.15, 0.2) is 17.1 Å². The van der Waals surface area contributed by atoms with Crippen LogP contribution in [0.3, 0.4) is 0 Å². The van der Waals surface area contributed by atoms with Crippen LogP contribution in [0.1, 0.15) is 18.4 Å². The van der Waals surface area contributed by atoms with Gasteiger partial charge in [0.05, 0.1) is 26.9 Å². The van der Waals surface area contributed by atoms with Gasteiger partial charge in [-0.05, 0) is 17.7 Å². The van der Waals surface area contributed by atoms with E-state index in [1.807, 2.05) is 12.1 Å². The largest absolute Gasteiger partial charge is 0.493 e. The number of methoxy groups -OCH3 is 4. The van der Waals surface area contributed by atoms with Crippen molar-refractivity contribution in [2.45, 2.75) is 25.0 Å². The van der Waals surface area contributed by atoms with Crippen LogP contribution in [0.5, 0.6) is 17.2 Å². The highest BCUT2D eigenvalue weighted by Crippen LogP contribution is 2.38. The number of nitrogens with zero attached hydrogens (tertiary/aromatic N) is 1. The van der Waals surface area contributed by atoms with E-state index in [0.717, 1.165) is 18.4 Å². The second kappa shape index (κ2) is 10.2. The van der Waals surface area contributed by atoms with E-state index >= 15 is 0 Å². The van der Waals surface area contributed by atoms with Crippen LogP contribution < -0.4 is 24.8 Å². The summed E-state index contributed by atoms with van der Waals surface area (Å²) in [4.78, 5) is 4.29.